The fraction of sp³-hybridized carbons (Fsp3) is 0.457. The van der Waals surface area contributed by atoms with Gasteiger partial charge in [0.2, 0.25) is 0 Å². The van der Waals surface area contributed by atoms with Gasteiger partial charge in [-0.15, -0.1) is 0 Å². The fourth-order valence-electron chi connectivity index (χ4n) is 7.24. The molecule has 40 heavy (non-hydrogen) atoms. The van der Waals surface area contributed by atoms with Gasteiger partial charge in [0.25, 0.3) is 0 Å². The van der Waals surface area contributed by atoms with Gasteiger partial charge in [-0.05, 0) is 146 Å². The summed E-state index contributed by atoms with van der Waals surface area (Å²) in [5.41, 5.74) is 11.9. The molecule has 0 radical (unpaired) electrons. The standard InChI is InChI=1S/C35H40O4.Na/c1-22-16-29(39-28-7-5-15-38-21-28)17-23(2)34(22)30-8-4-6-26(24(30)3)11-9-25-10-12-31-27(18-25)20-35(13-14-35)32(31)19-33(36)37;/h4,6,8,10,12,16-18,28,32H,5,7,9,11,13-15,19-21H2,1-3H3,(H,36,37);/q;+1/p-1. The minimum absolute atomic E-state index is 0. The van der Waals surface area contributed by atoms with E-state index in [4.69, 9.17) is 9.47 Å². The van der Waals surface area contributed by atoms with Crippen molar-refractivity contribution in [3.8, 4) is 16.9 Å². The zero-order chi connectivity index (χ0) is 27.1. The molecule has 1 saturated heterocycles. The summed E-state index contributed by atoms with van der Waals surface area (Å²) in [6, 6.07) is 17.8. The van der Waals surface area contributed by atoms with Gasteiger partial charge in [-0.3, -0.25) is 0 Å². The van der Waals surface area contributed by atoms with Crippen molar-refractivity contribution < 1.29 is 48.9 Å². The number of aryl methyl sites for hydroxylation is 4. The monoisotopic (exact) mass is 546 g/mol. The summed E-state index contributed by atoms with van der Waals surface area (Å²) >= 11 is 0. The van der Waals surface area contributed by atoms with Crippen LogP contribution in [0.4, 0.5) is 0 Å². The van der Waals surface area contributed by atoms with Crippen LogP contribution in [0.25, 0.3) is 11.1 Å². The van der Waals surface area contributed by atoms with Crippen molar-refractivity contribution in [1.29, 1.82) is 0 Å². The molecule has 1 aliphatic heterocycles. The molecule has 2 fully saturated rings. The molecule has 204 valence electrons. The minimum Gasteiger partial charge on any atom is -0.550 e. The zero-order valence-electron chi connectivity index (χ0n) is 24.5. The molecule has 4 nitrogen and oxygen atoms in total. The van der Waals surface area contributed by atoms with Gasteiger partial charge < -0.3 is 19.4 Å². The van der Waals surface area contributed by atoms with Crippen molar-refractivity contribution >= 4 is 5.97 Å². The Morgan fingerprint density at radius 1 is 1.05 bits per heavy atom. The Hall–Kier alpha value is -2.11. The van der Waals surface area contributed by atoms with Crippen LogP contribution in [0, 0.1) is 26.2 Å². The Morgan fingerprint density at radius 3 is 2.50 bits per heavy atom. The number of aliphatic carboxylic acids is 1. The summed E-state index contributed by atoms with van der Waals surface area (Å²) in [5.74, 6) is 0.138. The van der Waals surface area contributed by atoms with E-state index in [9.17, 15) is 9.90 Å². The number of carboxylic acid groups (broad SMARTS) is 1. The van der Waals surface area contributed by atoms with Crippen LogP contribution >= 0.6 is 0 Å². The number of carbonyl (C=O) groups is 1. The molecule has 3 aliphatic rings. The van der Waals surface area contributed by atoms with Gasteiger partial charge >= 0.3 is 29.6 Å². The summed E-state index contributed by atoms with van der Waals surface area (Å²) in [6.07, 6.45) is 7.66. The van der Waals surface area contributed by atoms with Gasteiger partial charge in [-0.1, -0.05) is 36.4 Å². The molecule has 1 saturated carbocycles. The Bertz CT molecular complexity index is 1380. The summed E-state index contributed by atoms with van der Waals surface area (Å²) < 4.78 is 11.9. The quantitative estimate of drug-likeness (QED) is 0.408. The first-order valence-corrected chi connectivity index (χ1v) is 14.6. The van der Waals surface area contributed by atoms with Crippen LogP contribution in [0.15, 0.2) is 48.5 Å². The van der Waals surface area contributed by atoms with Crippen molar-refractivity contribution in [2.45, 2.75) is 84.2 Å². The summed E-state index contributed by atoms with van der Waals surface area (Å²) in [4.78, 5) is 11.4. The number of benzene rings is 3. The molecule has 1 spiro atoms. The Kier molecular flexibility index (Phi) is 8.83. The maximum absolute atomic E-state index is 11.4. The SMILES string of the molecule is Cc1cc(OC2CCCOC2)cc(C)c1-c1cccc(CCc2ccc3c(c2)CC2(CC2)C3CC(=O)[O-])c1C.[Na+]. The van der Waals surface area contributed by atoms with Crippen LogP contribution < -0.4 is 39.4 Å². The summed E-state index contributed by atoms with van der Waals surface area (Å²) in [5, 5.41) is 11.4. The van der Waals surface area contributed by atoms with Gasteiger partial charge in [0.15, 0.2) is 0 Å². The second-order valence-corrected chi connectivity index (χ2v) is 12.2. The van der Waals surface area contributed by atoms with Crippen molar-refractivity contribution in [2.75, 3.05) is 13.2 Å². The van der Waals surface area contributed by atoms with E-state index in [1.54, 1.807) is 0 Å². The van der Waals surface area contributed by atoms with Crippen LogP contribution in [0.2, 0.25) is 0 Å². The van der Waals surface area contributed by atoms with E-state index in [2.05, 4.69) is 69.3 Å². The smallest absolute Gasteiger partial charge is 0.550 e. The van der Waals surface area contributed by atoms with E-state index >= 15 is 0 Å². The van der Waals surface area contributed by atoms with E-state index in [0.717, 1.165) is 57.3 Å². The predicted octanol–water partition coefficient (Wildman–Crippen LogP) is 3.19. The van der Waals surface area contributed by atoms with Gasteiger partial charge in [0, 0.05) is 12.6 Å². The Labute approximate surface area is 260 Å². The van der Waals surface area contributed by atoms with E-state index in [1.165, 1.54) is 50.1 Å². The molecule has 0 bridgehead atoms. The molecule has 2 unspecified atom stereocenters. The summed E-state index contributed by atoms with van der Waals surface area (Å²) in [7, 11) is 0. The molecule has 1 heterocycles. The van der Waals surface area contributed by atoms with Gasteiger partial charge in [0.1, 0.15) is 11.9 Å². The van der Waals surface area contributed by atoms with E-state index in [0.29, 0.717) is 6.61 Å². The number of ether oxygens (including phenoxy) is 2. The maximum Gasteiger partial charge on any atom is 1.00 e. The molecular formula is C35H39NaO4. The number of rotatable bonds is 8. The maximum atomic E-state index is 11.4. The Balaban J connectivity index is 0.00000323. The van der Waals surface area contributed by atoms with Gasteiger partial charge in [-0.2, -0.15) is 0 Å². The molecule has 6 rings (SSSR count). The molecule has 2 atom stereocenters. The van der Waals surface area contributed by atoms with Crippen molar-refractivity contribution in [1.82, 2.24) is 0 Å². The number of hydrogen-bond acceptors (Lipinski definition) is 4. The average Bonchev–Trinajstić information content (AvgIpc) is 3.61. The van der Waals surface area contributed by atoms with Crippen LogP contribution in [0.5, 0.6) is 5.75 Å². The van der Waals surface area contributed by atoms with E-state index in [-0.39, 0.29) is 53.4 Å². The zero-order valence-corrected chi connectivity index (χ0v) is 26.5. The molecule has 0 aromatic heterocycles. The van der Waals surface area contributed by atoms with Crippen LogP contribution in [-0.4, -0.2) is 25.3 Å². The Morgan fingerprint density at radius 2 is 1.82 bits per heavy atom. The predicted molar refractivity (Wildman–Crippen MR) is 152 cm³/mol. The molecule has 2 aliphatic carbocycles. The number of carboxylic acids is 1. The van der Waals surface area contributed by atoms with Crippen LogP contribution in [0.1, 0.15) is 77.0 Å². The second-order valence-electron chi connectivity index (χ2n) is 12.2. The molecule has 5 heteroatoms. The van der Waals surface area contributed by atoms with E-state index < -0.39 is 5.97 Å². The third kappa shape index (κ3) is 5.92. The van der Waals surface area contributed by atoms with Crippen molar-refractivity contribution in [3.05, 3.63) is 87.5 Å². The number of hydrogen-bond donors (Lipinski definition) is 0. The summed E-state index contributed by atoms with van der Waals surface area (Å²) in [6.45, 7) is 8.13. The van der Waals surface area contributed by atoms with Crippen LogP contribution in [-0.2, 0) is 28.8 Å². The molecular weight excluding hydrogens is 507 g/mol. The third-order valence-electron chi connectivity index (χ3n) is 9.45. The van der Waals surface area contributed by atoms with Crippen LogP contribution in [0.3, 0.4) is 0 Å². The van der Waals surface area contributed by atoms with Crippen molar-refractivity contribution in [3.63, 3.8) is 0 Å². The largest absolute Gasteiger partial charge is 1.00 e. The van der Waals surface area contributed by atoms with Gasteiger partial charge in [0.05, 0.1) is 6.61 Å². The minimum atomic E-state index is -0.926. The van der Waals surface area contributed by atoms with Crippen molar-refractivity contribution in [2.24, 2.45) is 5.41 Å². The first-order chi connectivity index (χ1) is 18.8. The topological polar surface area (TPSA) is 58.6 Å². The first-order valence-electron chi connectivity index (χ1n) is 14.6. The second kappa shape index (κ2) is 12.0. The first kappa shape index (κ1) is 29.4. The fourth-order valence-corrected chi connectivity index (χ4v) is 7.24. The average molecular weight is 547 g/mol. The molecule has 0 N–H and O–H groups in total. The van der Waals surface area contributed by atoms with E-state index in [1.807, 2.05) is 0 Å². The van der Waals surface area contributed by atoms with Gasteiger partial charge in [-0.25, -0.2) is 0 Å². The normalized spacial score (nSPS) is 20.6. The molecule has 3 aromatic carbocycles. The number of carbonyl (C=O) groups excluding carboxylic acids is 1. The number of fused-ring (bicyclic) bond motifs is 1. The molecule has 0 amide bonds. The molecule has 3 aromatic rings. The third-order valence-corrected chi connectivity index (χ3v) is 9.45.